The molecule has 0 heterocycles. The summed E-state index contributed by atoms with van der Waals surface area (Å²) in [6, 6.07) is 17.6. The van der Waals surface area contributed by atoms with E-state index in [0.717, 1.165) is 16.3 Å². The number of fused-ring (bicyclic) bond motifs is 1. The van der Waals surface area contributed by atoms with Crippen molar-refractivity contribution in [3.63, 3.8) is 0 Å². The molecular weight excluding hydrogens is 304 g/mol. The molecule has 3 aromatic carbocycles. The van der Waals surface area contributed by atoms with Crippen LogP contribution in [0.2, 0.25) is 0 Å². The van der Waals surface area contributed by atoms with Gasteiger partial charge in [-0.2, -0.15) is 0 Å². The second-order valence-corrected chi connectivity index (χ2v) is 5.44. The van der Waals surface area contributed by atoms with Crippen molar-refractivity contribution in [2.45, 2.75) is 6.92 Å². The van der Waals surface area contributed by atoms with Crippen LogP contribution >= 0.6 is 0 Å². The Morgan fingerprint density at radius 1 is 0.792 bits per heavy atom. The third-order valence-corrected chi connectivity index (χ3v) is 3.79. The molecule has 0 aliphatic heterocycles. The molecule has 5 heteroatoms. The lowest BCUT2D eigenvalue weighted by atomic mass is 10.1. The Bertz CT molecular complexity index is 935. The Morgan fingerprint density at radius 2 is 1.33 bits per heavy atom. The van der Waals surface area contributed by atoms with Gasteiger partial charge in [0, 0.05) is 5.56 Å². The maximum absolute atomic E-state index is 12.2. The summed E-state index contributed by atoms with van der Waals surface area (Å²) in [5.41, 5.74) is 6.07. The highest BCUT2D eigenvalue weighted by Crippen LogP contribution is 2.24. The fourth-order valence-electron chi connectivity index (χ4n) is 2.49. The molecule has 0 aromatic heterocycles. The molecule has 0 unspecified atom stereocenters. The van der Waals surface area contributed by atoms with Gasteiger partial charge < -0.3 is 5.11 Å². The van der Waals surface area contributed by atoms with Crippen LogP contribution in [0.25, 0.3) is 10.8 Å². The number of amides is 2. The summed E-state index contributed by atoms with van der Waals surface area (Å²) in [5.74, 6) is -1.14. The molecule has 3 rings (SSSR count). The number of hydrogen-bond donors (Lipinski definition) is 3. The molecule has 5 nitrogen and oxygen atoms in total. The summed E-state index contributed by atoms with van der Waals surface area (Å²) < 4.78 is 0. The van der Waals surface area contributed by atoms with E-state index in [1.54, 1.807) is 18.2 Å². The molecule has 0 aliphatic rings. The third kappa shape index (κ3) is 3.05. The minimum atomic E-state index is -0.583. The first-order valence-corrected chi connectivity index (χ1v) is 7.44. The van der Waals surface area contributed by atoms with Crippen LogP contribution in [-0.2, 0) is 0 Å². The Hall–Kier alpha value is -3.34. The van der Waals surface area contributed by atoms with Crippen LogP contribution in [0.1, 0.15) is 26.3 Å². The van der Waals surface area contributed by atoms with Gasteiger partial charge in [0.05, 0.1) is 5.56 Å². The van der Waals surface area contributed by atoms with Gasteiger partial charge in [-0.05, 0) is 41.5 Å². The van der Waals surface area contributed by atoms with Gasteiger partial charge in [0.15, 0.2) is 0 Å². The average Bonchev–Trinajstić information content (AvgIpc) is 2.59. The first kappa shape index (κ1) is 15.6. The predicted molar refractivity (Wildman–Crippen MR) is 91.7 cm³/mol. The fraction of sp³-hybridized carbons (Fsp3) is 0.0526. The SMILES string of the molecule is Cc1ccccc1C(=O)NNC(=O)c1cc2ccccc2cc1O. The van der Waals surface area contributed by atoms with Gasteiger partial charge in [0.25, 0.3) is 11.8 Å². The first-order chi connectivity index (χ1) is 11.6. The van der Waals surface area contributed by atoms with Crippen molar-refractivity contribution in [3.05, 3.63) is 77.4 Å². The smallest absolute Gasteiger partial charge is 0.273 e. The second kappa shape index (κ2) is 6.42. The molecular formula is C19H16N2O3. The molecule has 120 valence electrons. The molecule has 24 heavy (non-hydrogen) atoms. The zero-order valence-corrected chi connectivity index (χ0v) is 13.0. The van der Waals surface area contributed by atoms with E-state index in [0.29, 0.717) is 5.56 Å². The second-order valence-electron chi connectivity index (χ2n) is 5.44. The van der Waals surface area contributed by atoms with Crippen molar-refractivity contribution < 1.29 is 14.7 Å². The van der Waals surface area contributed by atoms with Crippen LogP contribution in [0, 0.1) is 6.92 Å². The lowest BCUT2D eigenvalue weighted by Crippen LogP contribution is -2.41. The number of phenolic OH excluding ortho intramolecular Hbond substituents is 1. The molecule has 0 atom stereocenters. The number of hydrazine groups is 1. The van der Waals surface area contributed by atoms with Gasteiger partial charge >= 0.3 is 0 Å². The van der Waals surface area contributed by atoms with Gasteiger partial charge in [-0.1, -0.05) is 42.5 Å². The number of carbonyl (C=O) groups excluding carboxylic acids is 2. The number of hydrogen-bond acceptors (Lipinski definition) is 3. The van der Waals surface area contributed by atoms with E-state index in [1.165, 1.54) is 6.07 Å². The summed E-state index contributed by atoms with van der Waals surface area (Å²) >= 11 is 0. The molecule has 0 saturated carbocycles. The summed E-state index contributed by atoms with van der Waals surface area (Å²) in [6.45, 7) is 1.81. The van der Waals surface area contributed by atoms with Gasteiger partial charge in [-0.3, -0.25) is 20.4 Å². The first-order valence-electron chi connectivity index (χ1n) is 7.44. The monoisotopic (exact) mass is 320 g/mol. The van der Waals surface area contributed by atoms with E-state index in [1.807, 2.05) is 43.3 Å². The van der Waals surface area contributed by atoms with E-state index in [9.17, 15) is 14.7 Å². The largest absolute Gasteiger partial charge is 0.507 e. The molecule has 0 aliphatic carbocycles. The van der Waals surface area contributed by atoms with Crippen molar-refractivity contribution in [1.29, 1.82) is 0 Å². The topological polar surface area (TPSA) is 78.4 Å². The quantitative estimate of drug-likeness (QED) is 0.635. The number of nitrogens with one attached hydrogen (secondary N) is 2. The molecule has 3 aromatic rings. The molecule has 0 saturated heterocycles. The Labute approximate surface area is 138 Å². The van der Waals surface area contributed by atoms with Crippen LogP contribution in [-0.4, -0.2) is 16.9 Å². The molecule has 0 bridgehead atoms. The van der Waals surface area contributed by atoms with Gasteiger partial charge in [-0.15, -0.1) is 0 Å². The van der Waals surface area contributed by atoms with Crippen molar-refractivity contribution in [3.8, 4) is 5.75 Å². The average molecular weight is 320 g/mol. The van der Waals surface area contributed by atoms with E-state index >= 15 is 0 Å². The Kier molecular flexibility index (Phi) is 4.16. The molecule has 0 radical (unpaired) electrons. The van der Waals surface area contributed by atoms with Crippen molar-refractivity contribution in [1.82, 2.24) is 10.9 Å². The maximum atomic E-state index is 12.2. The number of benzene rings is 3. The normalized spacial score (nSPS) is 10.4. The van der Waals surface area contributed by atoms with Gasteiger partial charge in [0.2, 0.25) is 0 Å². The summed E-state index contributed by atoms with van der Waals surface area (Å²) in [6.07, 6.45) is 0. The van der Waals surface area contributed by atoms with Crippen molar-refractivity contribution in [2.75, 3.05) is 0 Å². The number of carbonyl (C=O) groups is 2. The van der Waals surface area contributed by atoms with Gasteiger partial charge in [0.1, 0.15) is 5.75 Å². The lowest BCUT2D eigenvalue weighted by molar-refractivity contribution is 0.0844. The molecule has 0 fully saturated rings. The standard InChI is InChI=1S/C19H16N2O3/c1-12-6-2-5-9-15(12)18(23)20-21-19(24)16-10-13-7-3-4-8-14(13)11-17(16)22/h2-11,22H,1H3,(H,20,23)(H,21,24). The summed E-state index contributed by atoms with van der Waals surface area (Å²) in [4.78, 5) is 24.4. The van der Waals surface area contributed by atoms with Crippen LogP contribution in [0.4, 0.5) is 0 Å². The van der Waals surface area contributed by atoms with E-state index in [-0.39, 0.29) is 11.3 Å². The Morgan fingerprint density at radius 3 is 2.00 bits per heavy atom. The van der Waals surface area contributed by atoms with Crippen LogP contribution in [0.5, 0.6) is 5.75 Å². The molecule has 3 N–H and O–H groups in total. The number of aromatic hydroxyl groups is 1. The van der Waals surface area contributed by atoms with E-state index in [2.05, 4.69) is 10.9 Å². The summed E-state index contributed by atoms with van der Waals surface area (Å²) in [5, 5.41) is 11.7. The minimum absolute atomic E-state index is 0.0961. The number of aryl methyl sites for hydroxylation is 1. The molecule has 0 spiro atoms. The van der Waals surface area contributed by atoms with Crippen LogP contribution in [0.15, 0.2) is 60.7 Å². The number of rotatable bonds is 2. The minimum Gasteiger partial charge on any atom is -0.507 e. The third-order valence-electron chi connectivity index (χ3n) is 3.79. The Balaban J connectivity index is 1.77. The van der Waals surface area contributed by atoms with Crippen molar-refractivity contribution in [2.24, 2.45) is 0 Å². The zero-order chi connectivity index (χ0) is 17.1. The van der Waals surface area contributed by atoms with E-state index < -0.39 is 11.8 Å². The predicted octanol–water partition coefficient (Wildman–Crippen LogP) is 2.93. The maximum Gasteiger partial charge on any atom is 0.273 e. The van der Waals surface area contributed by atoms with Crippen molar-refractivity contribution >= 4 is 22.6 Å². The number of phenols is 1. The lowest BCUT2D eigenvalue weighted by Gasteiger charge is -2.10. The summed E-state index contributed by atoms with van der Waals surface area (Å²) in [7, 11) is 0. The van der Waals surface area contributed by atoms with Crippen LogP contribution in [0.3, 0.4) is 0 Å². The fourth-order valence-corrected chi connectivity index (χ4v) is 2.49. The van der Waals surface area contributed by atoms with Gasteiger partial charge in [-0.25, -0.2) is 0 Å². The zero-order valence-electron chi connectivity index (χ0n) is 13.0. The highest BCUT2D eigenvalue weighted by molar-refractivity contribution is 6.03. The highest BCUT2D eigenvalue weighted by Gasteiger charge is 2.14. The molecule has 2 amide bonds. The van der Waals surface area contributed by atoms with E-state index in [4.69, 9.17) is 0 Å². The highest BCUT2D eigenvalue weighted by atomic mass is 16.3. The van der Waals surface area contributed by atoms with Crippen LogP contribution < -0.4 is 10.9 Å².